The fourth-order valence-corrected chi connectivity index (χ4v) is 2.18. The molecule has 0 radical (unpaired) electrons. The molecule has 0 saturated carbocycles. The van der Waals surface area contributed by atoms with Crippen molar-refractivity contribution in [3.63, 3.8) is 0 Å². The number of halogens is 3. The third-order valence-electron chi connectivity index (χ3n) is 2.45. The van der Waals surface area contributed by atoms with Crippen molar-refractivity contribution in [3.05, 3.63) is 57.2 Å². The van der Waals surface area contributed by atoms with Crippen LogP contribution in [0.25, 0.3) is 0 Å². The topological polar surface area (TPSA) is 21.3 Å². The first-order chi connectivity index (χ1) is 9.10. The molecule has 0 unspecified atom stereocenters. The van der Waals surface area contributed by atoms with Gasteiger partial charge in [0.15, 0.2) is 17.4 Å². The van der Waals surface area contributed by atoms with Gasteiger partial charge in [0.1, 0.15) is 5.75 Å². The van der Waals surface area contributed by atoms with Crippen LogP contribution in [-0.4, -0.2) is 7.05 Å². The number of benzene rings is 2. The van der Waals surface area contributed by atoms with E-state index in [0.717, 1.165) is 3.57 Å². The van der Waals surface area contributed by atoms with Crippen LogP contribution in [0.2, 0.25) is 0 Å². The van der Waals surface area contributed by atoms with Gasteiger partial charge in [-0.25, -0.2) is 8.78 Å². The van der Waals surface area contributed by atoms with E-state index in [0.29, 0.717) is 17.9 Å². The Morgan fingerprint density at radius 2 is 1.84 bits per heavy atom. The molecule has 0 spiro atoms. The van der Waals surface area contributed by atoms with Crippen LogP contribution in [-0.2, 0) is 6.54 Å². The van der Waals surface area contributed by atoms with Crippen molar-refractivity contribution < 1.29 is 13.5 Å². The highest BCUT2D eigenvalue weighted by Crippen LogP contribution is 2.29. The summed E-state index contributed by atoms with van der Waals surface area (Å²) in [6.45, 7) is 0.400. The lowest BCUT2D eigenvalue weighted by molar-refractivity contribution is 0.406. The van der Waals surface area contributed by atoms with E-state index >= 15 is 0 Å². The van der Waals surface area contributed by atoms with E-state index in [1.54, 1.807) is 25.2 Å². The molecular formula is C14H12F2INO. The van der Waals surface area contributed by atoms with Gasteiger partial charge in [-0.1, -0.05) is 6.07 Å². The summed E-state index contributed by atoms with van der Waals surface area (Å²) in [5.41, 5.74) is 0.535. The fourth-order valence-electron chi connectivity index (χ4n) is 1.66. The molecule has 100 valence electrons. The molecule has 2 rings (SSSR count). The number of hydrogen-bond acceptors (Lipinski definition) is 2. The second kappa shape index (κ2) is 6.29. The Morgan fingerprint density at radius 3 is 2.42 bits per heavy atom. The molecule has 2 aromatic rings. The lowest BCUT2D eigenvalue weighted by atomic mass is 10.2. The van der Waals surface area contributed by atoms with E-state index in [-0.39, 0.29) is 5.75 Å². The lowest BCUT2D eigenvalue weighted by Crippen LogP contribution is -2.06. The Labute approximate surface area is 123 Å². The van der Waals surface area contributed by atoms with Crippen LogP contribution >= 0.6 is 22.6 Å². The minimum Gasteiger partial charge on any atom is -0.451 e. The molecule has 0 aliphatic rings. The van der Waals surface area contributed by atoms with E-state index in [4.69, 9.17) is 4.74 Å². The van der Waals surface area contributed by atoms with E-state index in [1.165, 1.54) is 12.1 Å². The van der Waals surface area contributed by atoms with Crippen LogP contribution in [0.4, 0.5) is 8.78 Å². The van der Waals surface area contributed by atoms with Gasteiger partial charge in [0.2, 0.25) is 0 Å². The van der Waals surface area contributed by atoms with Gasteiger partial charge in [-0.3, -0.25) is 0 Å². The van der Waals surface area contributed by atoms with E-state index in [1.807, 2.05) is 6.07 Å². The van der Waals surface area contributed by atoms with Gasteiger partial charge in [-0.05, 0) is 65.5 Å². The number of nitrogens with one attached hydrogen (secondary N) is 1. The highest BCUT2D eigenvalue weighted by Gasteiger charge is 2.13. The lowest BCUT2D eigenvalue weighted by Gasteiger charge is -2.10. The van der Waals surface area contributed by atoms with Crippen molar-refractivity contribution in [1.82, 2.24) is 5.32 Å². The van der Waals surface area contributed by atoms with Crippen LogP contribution in [0.15, 0.2) is 36.4 Å². The Bertz CT molecular complexity index is 566. The average molecular weight is 375 g/mol. The minimum atomic E-state index is -0.705. The largest absolute Gasteiger partial charge is 0.451 e. The third-order valence-corrected chi connectivity index (χ3v) is 3.13. The summed E-state index contributed by atoms with van der Waals surface area (Å²) in [6.07, 6.45) is 0. The van der Waals surface area contributed by atoms with Gasteiger partial charge in [0.05, 0.1) is 0 Å². The molecule has 0 aliphatic carbocycles. The minimum absolute atomic E-state index is 0.373. The summed E-state index contributed by atoms with van der Waals surface area (Å²) in [6, 6.07) is 9.54. The van der Waals surface area contributed by atoms with Crippen molar-refractivity contribution in [2.75, 3.05) is 7.05 Å². The van der Waals surface area contributed by atoms with Crippen molar-refractivity contribution in [1.29, 1.82) is 0 Å². The van der Waals surface area contributed by atoms with Gasteiger partial charge >= 0.3 is 0 Å². The van der Waals surface area contributed by atoms with Gasteiger partial charge in [0.25, 0.3) is 0 Å². The summed E-state index contributed by atoms with van der Waals surface area (Å²) in [5.74, 6) is -1.37. The highest BCUT2D eigenvalue weighted by molar-refractivity contribution is 14.1. The molecule has 0 amide bonds. The zero-order valence-corrected chi connectivity index (χ0v) is 12.4. The summed E-state index contributed by atoms with van der Waals surface area (Å²) < 4.78 is 33.9. The first-order valence-corrected chi connectivity index (χ1v) is 6.74. The molecule has 5 heteroatoms. The van der Waals surface area contributed by atoms with Gasteiger partial charge in [0, 0.05) is 10.1 Å². The maximum absolute atomic E-state index is 13.8. The van der Waals surface area contributed by atoms with Crippen molar-refractivity contribution >= 4 is 22.6 Å². The number of rotatable bonds is 4. The maximum Gasteiger partial charge on any atom is 0.198 e. The highest BCUT2D eigenvalue weighted by atomic mass is 127. The fraction of sp³-hybridized carbons (Fsp3) is 0.143. The standard InChI is InChI=1S/C14H12F2INO/c1-18-8-9-5-12(15)14(13(16)6-9)19-11-4-2-3-10(17)7-11/h2-7,18H,8H2,1H3. The van der Waals surface area contributed by atoms with Crippen molar-refractivity contribution in [3.8, 4) is 11.5 Å². The smallest absolute Gasteiger partial charge is 0.198 e. The first-order valence-electron chi connectivity index (χ1n) is 5.66. The average Bonchev–Trinajstić information content (AvgIpc) is 2.34. The molecule has 0 aliphatic heterocycles. The second-order valence-electron chi connectivity index (χ2n) is 3.98. The van der Waals surface area contributed by atoms with Crippen LogP contribution in [0.3, 0.4) is 0 Å². The molecule has 19 heavy (non-hydrogen) atoms. The van der Waals surface area contributed by atoms with Gasteiger partial charge in [-0.15, -0.1) is 0 Å². The molecular weight excluding hydrogens is 363 g/mol. The molecule has 0 atom stereocenters. The Kier molecular flexibility index (Phi) is 4.71. The Hall–Kier alpha value is -1.21. The van der Waals surface area contributed by atoms with E-state index in [2.05, 4.69) is 27.9 Å². The normalized spacial score (nSPS) is 10.5. The maximum atomic E-state index is 13.8. The van der Waals surface area contributed by atoms with Crippen molar-refractivity contribution in [2.24, 2.45) is 0 Å². The Balaban J connectivity index is 2.30. The van der Waals surface area contributed by atoms with Gasteiger partial charge < -0.3 is 10.1 Å². The molecule has 0 fully saturated rings. The predicted molar refractivity (Wildman–Crippen MR) is 78.4 cm³/mol. The van der Waals surface area contributed by atoms with E-state index in [9.17, 15) is 8.78 Å². The SMILES string of the molecule is CNCc1cc(F)c(Oc2cccc(I)c2)c(F)c1. The van der Waals surface area contributed by atoms with Crippen LogP contribution in [0, 0.1) is 15.2 Å². The van der Waals surface area contributed by atoms with Gasteiger partial charge in [-0.2, -0.15) is 0 Å². The van der Waals surface area contributed by atoms with E-state index < -0.39 is 11.6 Å². The summed E-state index contributed by atoms with van der Waals surface area (Å²) >= 11 is 2.11. The molecule has 1 N–H and O–H groups in total. The van der Waals surface area contributed by atoms with Crippen molar-refractivity contribution in [2.45, 2.75) is 6.54 Å². The predicted octanol–water partition coefficient (Wildman–Crippen LogP) is 4.08. The van der Waals surface area contributed by atoms with Crippen LogP contribution in [0.5, 0.6) is 11.5 Å². The molecule has 0 heterocycles. The summed E-state index contributed by atoms with van der Waals surface area (Å²) in [5, 5.41) is 2.84. The molecule has 2 nitrogen and oxygen atoms in total. The molecule has 2 aromatic carbocycles. The van der Waals surface area contributed by atoms with Crippen LogP contribution < -0.4 is 10.1 Å². The Morgan fingerprint density at radius 1 is 1.16 bits per heavy atom. The zero-order chi connectivity index (χ0) is 13.8. The second-order valence-corrected chi connectivity index (χ2v) is 5.22. The van der Waals surface area contributed by atoms with Crippen LogP contribution in [0.1, 0.15) is 5.56 Å². The third kappa shape index (κ3) is 3.63. The number of hydrogen-bond donors (Lipinski definition) is 1. The summed E-state index contributed by atoms with van der Waals surface area (Å²) in [7, 11) is 1.71. The quantitative estimate of drug-likeness (QED) is 0.814. The molecule has 0 bridgehead atoms. The molecule has 0 aromatic heterocycles. The zero-order valence-electron chi connectivity index (χ0n) is 10.2. The first kappa shape index (κ1) is 14.2. The summed E-state index contributed by atoms with van der Waals surface area (Å²) in [4.78, 5) is 0. The number of ether oxygens (including phenoxy) is 1. The molecule has 0 saturated heterocycles. The monoisotopic (exact) mass is 375 g/mol.